The minimum atomic E-state index is 0. The predicted molar refractivity (Wildman–Crippen MR) is 48.0 cm³/mol. The molecule has 1 aliphatic rings. The first-order valence-electron chi connectivity index (χ1n) is 3.22. The van der Waals surface area contributed by atoms with E-state index < -0.39 is 0 Å². The van der Waals surface area contributed by atoms with E-state index >= 15 is 0 Å². The van der Waals surface area contributed by atoms with Crippen molar-refractivity contribution in [2.45, 2.75) is 0 Å². The fourth-order valence-corrected chi connectivity index (χ4v) is 1.00. The molecule has 1 aromatic rings. The molecule has 1 aromatic carbocycles. The van der Waals surface area contributed by atoms with Crippen molar-refractivity contribution in [3.63, 3.8) is 0 Å². The topological polar surface area (TPSA) is 81.5 Å². The summed E-state index contributed by atoms with van der Waals surface area (Å²) >= 11 is 0. The van der Waals surface area contributed by atoms with E-state index in [0.29, 0.717) is 6.79 Å². The smallest absolute Gasteiger partial charge is 0.231 e. The average molecular weight is 170 g/mol. The van der Waals surface area contributed by atoms with Crippen molar-refractivity contribution in [3.8, 4) is 11.5 Å². The summed E-state index contributed by atoms with van der Waals surface area (Å²) in [6, 6.07) is 5.91. The van der Waals surface area contributed by atoms with Crippen LogP contribution in [0.15, 0.2) is 18.2 Å². The Morgan fingerprint density at radius 3 is 2.50 bits per heavy atom. The number of rotatable bonds is 0. The van der Waals surface area contributed by atoms with Gasteiger partial charge in [0.25, 0.3) is 0 Å². The van der Waals surface area contributed by atoms with Gasteiger partial charge >= 0.3 is 0 Å². The maximum Gasteiger partial charge on any atom is 0.231 e. The first kappa shape index (κ1) is 10.8. The lowest BCUT2D eigenvalue weighted by atomic mass is 9.96. The molecule has 1 heterocycles. The molecule has 0 aromatic heterocycles. The second-order valence-corrected chi connectivity index (χ2v) is 2.36. The van der Waals surface area contributed by atoms with Gasteiger partial charge in [-0.3, -0.25) is 0 Å². The quantitative estimate of drug-likeness (QED) is 0.423. The number of benzene rings is 1. The van der Waals surface area contributed by atoms with E-state index in [-0.39, 0.29) is 11.0 Å². The van der Waals surface area contributed by atoms with Gasteiger partial charge in [-0.15, -0.1) is 0 Å². The van der Waals surface area contributed by atoms with Crippen LogP contribution in [0.25, 0.3) is 0 Å². The summed E-state index contributed by atoms with van der Waals surface area (Å²) in [4.78, 5) is 0. The van der Waals surface area contributed by atoms with Crippen molar-refractivity contribution in [2.24, 2.45) is 0 Å². The van der Waals surface area contributed by atoms with Crippen LogP contribution in [0.5, 0.6) is 11.5 Å². The monoisotopic (exact) mass is 170 g/mol. The van der Waals surface area contributed by atoms with E-state index in [4.69, 9.17) is 9.47 Å². The summed E-state index contributed by atoms with van der Waals surface area (Å²) in [6.45, 7) is 0.360. The molecule has 0 amide bonds. The zero-order valence-electron chi connectivity index (χ0n) is 6.76. The van der Waals surface area contributed by atoms with Gasteiger partial charge in [-0.05, 0) is 12.1 Å². The lowest BCUT2D eigenvalue weighted by Crippen LogP contribution is -1.99. The third kappa shape index (κ3) is 1.69. The van der Waals surface area contributed by atoms with Crippen LogP contribution in [0.1, 0.15) is 0 Å². The number of hydrogen-bond donors (Lipinski definition) is 0. The third-order valence-electron chi connectivity index (χ3n) is 1.53. The van der Waals surface area contributed by atoms with Gasteiger partial charge in [0.15, 0.2) is 11.5 Å². The van der Waals surface area contributed by atoms with Crippen molar-refractivity contribution in [3.05, 3.63) is 18.2 Å². The minimum absolute atomic E-state index is 0. The maximum absolute atomic E-state index is 5.16. The van der Waals surface area contributed by atoms with Crippen LogP contribution >= 0.6 is 0 Å². The predicted octanol–water partition coefficient (Wildman–Crippen LogP) is -1.98. The fourth-order valence-electron chi connectivity index (χ4n) is 1.00. The molecule has 0 radical (unpaired) electrons. The Hall–Kier alpha value is -1.20. The Morgan fingerprint density at radius 2 is 1.75 bits per heavy atom. The average Bonchev–Trinajstić information content (AvgIpc) is 2.33. The van der Waals surface area contributed by atoms with Gasteiger partial charge in [-0.2, -0.15) is 0 Å². The molecular weight excluding hydrogens is 159 g/mol. The first-order valence-corrected chi connectivity index (χ1v) is 3.22. The Bertz CT molecular complexity index is 264. The van der Waals surface area contributed by atoms with Gasteiger partial charge in [0.05, 0.1) is 0 Å². The summed E-state index contributed by atoms with van der Waals surface area (Å²) in [5.74, 6) is 1.71. The molecule has 0 bridgehead atoms. The van der Waals surface area contributed by atoms with Crippen LogP contribution in [0.4, 0.5) is 0 Å². The molecule has 4 N–H and O–H groups in total. The van der Waals surface area contributed by atoms with E-state index in [1.807, 2.05) is 26.0 Å². The second kappa shape index (κ2) is 3.99. The summed E-state index contributed by atoms with van der Waals surface area (Å²) in [5, 5.41) is 0. The van der Waals surface area contributed by atoms with Crippen LogP contribution in [-0.4, -0.2) is 25.6 Å². The van der Waals surface area contributed by atoms with Gasteiger partial charge < -0.3 is 20.4 Å². The molecule has 0 atom stereocenters. The minimum Gasteiger partial charge on any atom is -0.454 e. The van der Waals surface area contributed by atoms with E-state index in [0.717, 1.165) is 11.5 Å². The van der Waals surface area contributed by atoms with Crippen LogP contribution in [0.3, 0.4) is 0 Å². The molecule has 4 nitrogen and oxygen atoms in total. The van der Waals surface area contributed by atoms with E-state index in [1.165, 1.54) is 5.46 Å². The highest BCUT2D eigenvalue weighted by Crippen LogP contribution is 2.29. The Morgan fingerprint density at radius 1 is 1.08 bits per heavy atom. The molecular formula is C7H11BO4. The molecule has 12 heavy (non-hydrogen) atoms. The van der Waals surface area contributed by atoms with Gasteiger partial charge in [-0.1, -0.05) is 11.5 Å². The fraction of sp³-hybridized carbons (Fsp3) is 0.143. The maximum atomic E-state index is 5.16. The number of ether oxygens (including phenoxy) is 2. The Labute approximate surface area is 71.1 Å². The van der Waals surface area contributed by atoms with Crippen LogP contribution in [-0.2, 0) is 0 Å². The second-order valence-electron chi connectivity index (χ2n) is 2.36. The van der Waals surface area contributed by atoms with Crippen LogP contribution < -0.4 is 14.9 Å². The molecule has 2 rings (SSSR count). The van der Waals surface area contributed by atoms with Crippen LogP contribution in [0, 0.1) is 0 Å². The molecule has 0 fully saturated rings. The van der Waals surface area contributed by atoms with Crippen molar-refractivity contribution in [1.29, 1.82) is 0 Å². The van der Waals surface area contributed by atoms with Crippen molar-refractivity contribution in [2.75, 3.05) is 6.79 Å². The molecule has 0 saturated heterocycles. The summed E-state index contributed by atoms with van der Waals surface area (Å²) < 4.78 is 10.3. The number of hydrogen-bond acceptors (Lipinski definition) is 2. The zero-order chi connectivity index (χ0) is 6.97. The largest absolute Gasteiger partial charge is 0.454 e. The van der Waals surface area contributed by atoms with Crippen LogP contribution in [0.2, 0.25) is 0 Å². The van der Waals surface area contributed by atoms with E-state index in [1.54, 1.807) is 0 Å². The van der Waals surface area contributed by atoms with Crippen molar-refractivity contribution in [1.82, 2.24) is 0 Å². The van der Waals surface area contributed by atoms with Crippen molar-refractivity contribution < 1.29 is 20.4 Å². The van der Waals surface area contributed by atoms with Gasteiger partial charge in [-0.25, -0.2) is 0 Å². The molecule has 66 valence electrons. The molecule has 0 aliphatic carbocycles. The Kier molecular flexibility index (Phi) is 3.59. The summed E-state index contributed by atoms with van der Waals surface area (Å²) in [6.07, 6.45) is 0. The SMILES string of the molecule is Bc1ccc2c(c1)OCO2.O.O. The van der Waals surface area contributed by atoms with E-state index in [9.17, 15) is 0 Å². The summed E-state index contributed by atoms with van der Waals surface area (Å²) in [5.41, 5.74) is 1.20. The first-order chi connectivity index (χ1) is 4.86. The highest BCUT2D eigenvalue weighted by Gasteiger charge is 2.11. The molecule has 0 saturated carbocycles. The molecule has 1 aliphatic heterocycles. The lowest BCUT2D eigenvalue weighted by Gasteiger charge is -1.94. The highest BCUT2D eigenvalue weighted by molar-refractivity contribution is 6.32. The molecule has 5 heteroatoms. The highest BCUT2D eigenvalue weighted by atomic mass is 16.7. The van der Waals surface area contributed by atoms with E-state index in [2.05, 4.69) is 0 Å². The summed E-state index contributed by atoms with van der Waals surface area (Å²) in [7, 11) is 2.03. The zero-order valence-corrected chi connectivity index (χ0v) is 6.76. The molecule has 0 unspecified atom stereocenters. The number of fused-ring (bicyclic) bond motifs is 1. The standard InChI is InChI=1S/C7H7BO2.2H2O/c8-5-1-2-6-7(3-5)10-4-9-6;;/h1-3H,4,8H2;2*1H2. The normalized spacial score (nSPS) is 11.3. The lowest BCUT2D eigenvalue weighted by molar-refractivity contribution is 0.174. The van der Waals surface area contributed by atoms with Gasteiger partial charge in [0.2, 0.25) is 6.79 Å². The van der Waals surface area contributed by atoms with Gasteiger partial charge in [0.1, 0.15) is 7.85 Å². The third-order valence-corrected chi connectivity index (χ3v) is 1.53. The van der Waals surface area contributed by atoms with Gasteiger partial charge in [0, 0.05) is 0 Å². The Balaban J connectivity index is 0.000000605. The van der Waals surface area contributed by atoms with Crippen molar-refractivity contribution >= 4 is 13.3 Å². The molecule has 0 spiro atoms.